The van der Waals surface area contributed by atoms with Gasteiger partial charge in [0.25, 0.3) is 5.91 Å². The number of benzene rings is 1. The minimum atomic E-state index is -0.850. The standard InChI is InChI=1S/C25H30ClN7O4S/c1-16-4-3-5-18(26)23(16)31-24(36)19-15-27-25(38-19)30-20-14-21(29-17(2)28-20)33-9-7-32(8-10-33)11-13-37-12-6-22(34)35/h3-5,14-15H,6-13H2,1-2H3,(H,31,36)(H,34,35)(H,27,28,29,30). The first-order valence-electron chi connectivity index (χ1n) is 12.2. The van der Waals surface area contributed by atoms with Crippen molar-refractivity contribution in [2.45, 2.75) is 20.3 Å². The van der Waals surface area contributed by atoms with Gasteiger partial charge in [0, 0.05) is 38.8 Å². The van der Waals surface area contributed by atoms with E-state index in [4.69, 9.17) is 21.4 Å². The highest BCUT2D eigenvalue weighted by atomic mass is 35.5. The Kier molecular flexibility index (Phi) is 9.45. The second-order valence-corrected chi connectivity index (χ2v) is 10.2. The van der Waals surface area contributed by atoms with Crippen LogP contribution in [0.25, 0.3) is 0 Å². The SMILES string of the molecule is Cc1nc(Nc2ncc(C(=O)Nc3c(C)cccc3Cl)s2)cc(N2CCN(CCOCCC(=O)O)CC2)n1. The number of piperazine rings is 1. The maximum Gasteiger partial charge on any atom is 0.305 e. The first-order chi connectivity index (χ1) is 18.3. The Morgan fingerprint density at radius 1 is 1.16 bits per heavy atom. The number of aromatic nitrogens is 3. The number of rotatable bonds is 11. The molecule has 0 atom stereocenters. The van der Waals surface area contributed by atoms with Crippen LogP contribution < -0.4 is 15.5 Å². The average molecular weight is 560 g/mol. The van der Waals surface area contributed by atoms with E-state index < -0.39 is 5.97 Å². The van der Waals surface area contributed by atoms with Gasteiger partial charge in [0.2, 0.25) is 0 Å². The van der Waals surface area contributed by atoms with Crippen LogP contribution in [0.4, 0.5) is 22.5 Å². The van der Waals surface area contributed by atoms with Crippen LogP contribution in [-0.2, 0) is 9.53 Å². The van der Waals surface area contributed by atoms with E-state index in [-0.39, 0.29) is 18.9 Å². The molecule has 1 aliphatic heterocycles. The number of carboxylic acids is 1. The fraction of sp³-hybridized carbons (Fsp3) is 0.400. The molecule has 1 fully saturated rings. The average Bonchev–Trinajstić information content (AvgIpc) is 3.34. The normalized spacial score (nSPS) is 13.9. The Morgan fingerprint density at radius 3 is 2.68 bits per heavy atom. The molecule has 13 heteroatoms. The summed E-state index contributed by atoms with van der Waals surface area (Å²) >= 11 is 7.46. The summed E-state index contributed by atoms with van der Waals surface area (Å²) < 4.78 is 5.40. The lowest BCUT2D eigenvalue weighted by atomic mass is 10.2. The van der Waals surface area contributed by atoms with Crippen LogP contribution >= 0.6 is 22.9 Å². The molecule has 11 nitrogen and oxygen atoms in total. The molecule has 1 saturated heterocycles. The van der Waals surface area contributed by atoms with Gasteiger partial charge in [0.05, 0.1) is 36.5 Å². The maximum atomic E-state index is 12.8. The predicted molar refractivity (Wildman–Crippen MR) is 148 cm³/mol. The van der Waals surface area contributed by atoms with Gasteiger partial charge in [-0.15, -0.1) is 0 Å². The third kappa shape index (κ3) is 7.60. The highest BCUT2D eigenvalue weighted by Gasteiger charge is 2.20. The van der Waals surface area contributed by atoms with Crippen molar-refractivity contribution >= 4 is 57.3 Å². The number of anilines is 4. The van der Waals surface area contributed by atoms with Crippen molar-refractivity contribution in [2.75, 3.05) is 61.5 Å². The highest BCUT2D eigenvalue weighted by molar-refractivity contribution is 7.17. The first kappa shape index (κ1) is 27.7. The smallest absolute Gasteiger partial charge is 0.305 e. The molecule has 0 bridgehead atoms. The van der Waals surface area contributed by atoms with E-state index in [1.807, 2.05) is 32.0 Å². The number of aryl methyl sites for hydroxylation is 2. The second-order valence-electron chi connectivity index (χ2n) is 8.78. The lowest BCUT2D eigenvalue weighted by molar-refractivity contribution is -0.138. The predicted octanol–water partition coefficient (Wildman–Crippen LogP) is 3.81. The van der Waals surface area contributed by atoms with Crippen molar-refractivity contribution in [3.8, 4) is 0 Å². The Balaban J connectivity index is 1.32. The van der Waals surface area contributed by atoms with Gasteiger partial charge < -0.3 is 25.4 Å². The van der Waals surface area contributed by atoms with Crippen molar-refractivity contribution in [1.29, 1.82) is 0 Å². The summed E-state index contributed by atoms with van der Waals surface area (Å²) in [5.41, 5.74) is 1.46. The molecule has 2 aromatic heterocycles. The van der Waals surface area contributed by atoms with Crippen LogP contribution in [0.5, 0.6) is 0 Å². The Labute approximate surface area is 229 Å². The van der Waals surface area contributed by atoms with Gasteiger partial charge in [0.15, 0.2) is 5.13 Å². The number of carbonyl (C=O) groups is 2. The molecule has 0 saturated carbocycles. The molecule has 4 rings (SSSR count). The highest BCUT2D eigenvalue weighted by Crippen LogP contribution is 2.28. The van der Waals surface area contributed by atoms with Gasteiger partial charge in [-0.3, -0.25) is 14.5 Å². The van der Waals surface area contributed by atoms with Crippen LogP contribution in [0.15, 0.2) is 30.5 Å². The molecule has 3 N–H and O–H groups in total. The van der Waals surface area contributed by atoms with Crippen LogP contribution in [0.2, 0.25) is 5.02 Å². The van der Waals surface area contributed by atoms with Crippen molar-refractivity contribution in [2.24, 2.45) is 0 Å². The molecule has 3 aromatic rings. The molecule has 202 valence electrons. The number of hydrogen-bond acceptors (Lipinski definition) is 10. The topological polar surface area (TPSA) is 133 Å². The van der Waals surface area contributed by atoms with E-state index in [0.29, 0.717) is 39.0 Å². The number of amides is 1. The number of carboxylic acid groups (broad SMARTS) is 1. The van der Waals surface area contributed by atoms with Crippen LogP contribution in [-0.4, -0.2) is 82.8 Å². The third-order valence-electron chi connectivity index (χ3n) is 5.96. The van der Waals surface area contributed by atoms with Crippen molar-refractivity contribution in [1.82, 2.24) is 19.9 Å². The summed E-state index contributed by atoms with van der Waals surface area (Å²) in [6.45, 7) is 8.54. The van der Waals surface area contributed by atoms with Crippen LogP contribution in [0.1, 0.15) is 27.5 Å². The van der Waals surface area contributed by atoms with E-state index >= 15 is 0 Å². The fourth-order valence-corrected chi connectivity index (χ4v) is 4.93. The molecule has 3 heterocycles. The van der Waals surface area contributed by atoms with E-state index in [9.17, 15) is 9.59 Å². The molecule has 0 spiro atoms. The molecule has 1 amide bonds. The van der Waals surface area contributed by atoms with Crippen molar-refractivity contribution in [3.63, 3.8) is 0 Å². The molecule has 38 heavy (non-hydrogen) atoms. The molecule has 0 unspecified atom stereocenters. The number of hydrogen-bond donors (Lipinski definition) is 3. The molecule has 1 aliphatic rings. The fourth-order valence-electron chi connectivity index (χ4n) is 3.95. The molecule has 0 aliphatic carbocycles. The van der Waals surface area contributed by atoms with Gasteiger partial charge in [-0.05, 0) is 25.5 Å². The van der Waals surface area contributed by atoms with Crippen LogP contribution in [0, 0.1) is 13.8 Å². The van der Waals surface area contributed by atoms with Gasteiger partial charge in [-0.25, -0.2) is 15.0 Å². The van der Waals surface area contributed by atoms with Gasteiger partial charge in [-0.1, -0.05) is 35.1 Å². The zero-order valence-corrected chi connectivity index (χ0v) is 22.8. The molecular weight excluding hydrogens is 530 g/mol. The summed E-state index contributed by atoms with van der Waals surface area (Å²) in [6.07, 6.45) is 1.54. The minimum Gasteiger partial charge on any atom is -0.481 e. The quantitative estimate of drug-likeness (QED) is 0.298. The van der Waals surface area contributed by atoms with E-state index in [1.54, 1.807) is 6.07 Å². The minimum absolute atomic E-state index is 0.0228. The van der Waals surface area contributed by atoms with Gasteiger partial charge >= 0.3 is 5.97 Å². The van der Waals surface area contributed by atoms with E-state index in [1.165, 1.54) is 17.5 Å². The zero-order valence-electron chi connectivity index (χ0n) is 21.2. The second kappa shape index (κ2) is 13.0. The maximum absolute atomic E-state index is 12.8. The summed E-state index contributed by atoms with van der Waals surface area (Å²) in [7, 11) is 0. The summed E-state index contributed by atoms with van der Waals surface area (Å²) in [4.78, 5) is 41.7. The molecule has 1 aromatic carbocycles. The Hall–Kier alpha value is -3.32. The number of halogens is 1. The number of carbonyl (C=O) groups excluding carboxylic acids is 1. The van der Waals surface area contributed by atoms with E-state index in [2.05, 4.69) is 35.4 Å². The lowest BCUT2D eigenvalue weighted by Crippen LogP contribution is -2.47. The Morgan fingerprint density at radius 2 is 1.95 bits per heavy atom. The third-order valence-corrected chi connectivity index (χ3v) is 7.18. The monoisotopic (exact) mass is 559 g/mol. The van der Waals surface area contributed by atoms with Crippen molar-refractivity contribution < 1.29 is 19.4 Å². The number of ether oxygens (including phenoxy) is 1. The van der Waals surface area contributed by atoms with E-state index in [0.717, 1.165) is 44.1 Å². The van der Waals surface area contributed by atoms with Gasteiger partial charge in [0.1, 0.15) is 22.3 Å². The number of para-hydroxylation sites is 1. The Bertz CT molecular complexity index is 1260. The number of aliphatic carboxylic acids is 1. The number of nitrogens with zero attached hydrogens (tertiary/aromatic N) is 5. The molecular formula is C25H30ClN7O4S. The first-order valence-corrected chi connectivity index (χ1v) is 13.4. The van der Waals surface area contributed by atoms with Crippen LogP contribution in [0.3, 0.4) is 0 Å². The van der Waals surface area contributed by atoms with Gasteiger partial charge in [-0.2, -0.15) is 0 Å². The largest absolute Gasteiger partial charge is 0.481 e. The number of thiazole rings is 1. The lowest BCUT2D eigenvalue weighted by Gasteiger charge is -2.35. The molecule has 0 radical (unpaired) electrons. The summed E-state index contributed by atoms with van der Waals surface area (Å²) in [5, 5.41) is 15.8. The summed E-state index contributed by atoms with van der Waals surface area (Å²) in [6, 6.07) is 7.34. The number of nitrogens with one attached hydrogen (secondary N) is 2. The van der Waals surface area contributed by atoms with Crippen molar-refractivity contribution in [3.05, 3.63) is 51.7 Å². The zero-order chi connectivity index (χ0) is 27.1. The summed E-state index contributed by atoms with van der Waals surface area (Å²) in [5.74, 6) is 0.919.